The molecule has 1 aromatic heterocycles. The molecule has 2 aliphatic heterocycles. The predicted octanol–water partition coefficient (Wildman–Crippen LogP) is 0.154. The molecule has 2 fully saturated rings. The first-order valence-corrected chi connectivity index (χ1v) is 8.40. The second kappa shape index (κ2) is 7.12. The lowest BCUT2D eigenvalue weighted by molar-refractivity contribution is -0.136. The fourth-order valence-electron chi connectivity index (χ4n) is 3.69. The molecule has 0 unspecified atom stereocenters. The summed E-state index contributed by atoms with van der Waals surface area (Å²) in [6, 6.07) is -0.0486. The molecule has 2 N–H and O–H groups in total. The molecule has 0 aliphatic carbocycles. The number of nitrogens with one attached hydrogen (secondary N) is 2. The number of imidazole rings is 1. The van der Waals surface area contributed by atoms with Crippen molar-refractivity contribution >= 4 is 11.8 Å². The topological polar surface area (TPSA) is 81.3 Å². The maximum Gasteiger partial charge on any atom is 0.245 e. The largest absolute Gasteiger partial charge is 0.348 e. The molecule has 0 radical (unpaired) electrons. The van der Waals surface area contributed by atoms with E-state index in [1.165, 1.54) is 13.3 Å². The van der Waals surface area contributed by atoms with Crippen LogP contribution in [0.15, 0.2) is 12.5 Å². The third-order valence-electron chi connectivity index (χ3n) is 4.77. The lowest BCUT2D eigenvalue weighted by Crippen LogP contribution is -2.51. The minimum atomic E-state index is -0.527. The summed E-state index contributed by atoms with van der Waals surface area (Å²) in [6.07, 6.45) is 7.11. The summed E-state index contributed by atoms with van der Waals surface area (Å²) in [4.78, 5) is 35.9. The van der Waals surface area contributed by atoms with E-state index in [4.69, 9.17) is 0 Å². The number of aromatic nitrogens is 2. The van der Waals surface area contributed by atoms with E-state index in [1.807, 2.05) is 4.90 Å². The molecule has 126 valence electrons. The Morgan fingerprint density at radius 1 is 1.39 bits per heavy atom. The van der Waals surface area contributed by atoms with E-state index in [0.717, 1.165) is 44.7 Å². The summed E-state index contributed by atoms with van der Waals surface area (Å²) < 4.78 is 0. The third-order valence-corrected chi connectivity index (χ3v) is 4.77. The Bertz CT molecular complexity index is 545. The number of carbonyl (C=O) groups excluding carboxylic acids is 2. The number of hydrogen-bond acceptors (Lipinski definition) is 4. The lowest BCUT2D eigenvalue weighted by Gasteiger charge is -2.29. The number of aromatic amines is 1. The van der Waals surface area contributed by atoms with Crippen LogP contribution in [0.2, 0.25) is 0 Å². The fourth-order valence-corrected chi connectivity index (χ4v) is 3.69. The Morgan fingerprint density at radius 3 is 2.96 bits per heavy atom. The van der Waals surface area contributed by atoms with Crippen LogP contribution in [0.4, 0.5) is 0 Å². The van der Waals surface area contributed by atoms with Gasteiger partial charge in [0.2, 0.25) is 11.8 Å². The van der Waals surface area contributed by atoms with Gasteiger partial charge < -0.3 is 15.2 Å². The summed E-state index contributed by atoms with van der Waals surface area (Å²) in [5.74, 6) is -0.163. The van der Waals surface area contributed by atoms with Crippen molar-refractivity contribution in [3.8, 4) is 0 Å². The summed E-state index contributed by atoms with van der Waals surface area (Å²) >= 11 is 0. The van der Waals surface area contributed by atoms with Crippen LogP contribution in [-0.2, 0) is 16.0 Å². The van der Waals surface area contributed by atoms with E-state index in [1.54, 1.807) is 12.5 Å². The zero-order valence-corrected chi connectivity index (χ0v) is 13.6. The van der Waals surface area contributed by atoms with E-state index in [-0.39, 0.29) is 11.8 Å². The first kappa shape index (κ1) is 16.0. The Hall–Kier alpha value is -1.89. The van der Waals surface area contributed by atoms with Gasteiger partial charge in [0, 0.05) is 50.9 Å². The van der Waals surface area contributed by atoms with Crippen LogP contribution in [0, 0.1) is 0 Å². The molecule has 7 nitrogen and oxygen atoms in total. The van der Waals surface area contributed by atoms with Gasteiger partial charge in [-0.25, -0.2) is 4.98 Å². The molecule has 2 saturated heterocycles. The van der Waals surface area contributed by atoms with E-state index in [2.05, 4.69) is 20.2 Å². The highest BCUT2D eigenvalue weighted by molar-refractivity contribution is 5.87. The van der Waals surface area contributed by atoms with Gasteiger partial charge in [0.25, 0.3) is 0 Å². The normalized spacial score (nSPS) is 23.2. The Morgan fingerprint density at radius 2 is 2.22 bits per heavy atom. The third kappa shape index (κ3) is 3.90. The molecule has 0 bridgehead atoms. The van der Waals surface area contributed by atoms with Gasteiger partial charge in [-0.15, -0.1) is 0 Å². The van der Waals surface area contributed by atoms with Gasteiger partial charge >= 0.3 is 0 Å². The molecular formula is C16H25N5O2. The van der Waals surface area contributed by atoms with Crippen LogP contribution in [0.1, 0.15) is 31.9 Å². The van der Waals surface area contributed by atoms with E-state index >= 15 is 0 Å². The molecule has 2 atom stereocenters. The van der Waals surface area contributed by atoms with Crippen LogP contribution >= 0.6 is 0 Å². The van der Waals surface area contributed by atoms with Gasteiger partial charge in [-0.2, -0.15) is 0 Å². The average molecular weight is 319 g/mol. The quantitative estimate of drug-likeness (QED) is 0.828. The molecule has 3 rings (SSSR count). The van der Waals surface area contributed by atoms with Crippen molar-refractivity contribution in [2.45, 2.75) is 44.7 Å². The van der Waals surface area contributed by atoms with Gasteiger partial charge in [-0.05, 0) is 25.8 Å². The van der Waals surface area contributed by atoms with Crippen LogP contribution in [0.5, 0.6) is 0 Å². The van der Waals surface area contributed by atoms with Crippen molar-refractivity contribution in [1.29, 1.82) is 0 Å². The monoisotopic (exact) mass is 319 g/mol. The van der Waals surface area contributed by atoms with Crippen molar-refractivity contribution < 1.29 is 9.59 Å². The van der Waals surface area contributed by atoms with Crippen molar-refractivity contribution in [3.63, 3.8) is 0 Å². The molecule has 23 heavy (non-hydrogen) atoms. The van der Waals surface area contributed by atoms with Crippen molar-refractivity contribution in [1.82, 2.24) is 25.1 Å². The first-order chi connectivity index (χ1) is 11.1. The maximum absolute atomic E-state index is 13.0. The highest BCUT2D eigenvalue weighted by Crippen LogP contribution is 2.21. The fraction of sp³-hybridized carbons (Fsp3) is 0.688. The van der Waals surface area contributed by atoms with E-state index < -0.39 is 6.04 Å². The molecule has 1 aromatic rings. The number of fused-ring (bicyclic) bond motifs is 1. The summed E-state index contributed by atoms with van der Waals surface area (Å²) in [5.41, 5.74) is 0.856. The maximum atomic E-state index is 13.0. The van der Waals surface area contributed by atoms with Gasteiger partial charge in [0.15, 0.2) is 0 Å². The van der Waals surface area contributed by atoms with Crippen molar-refractivity contribution in [2.24, 2.45) is 0 Å². The molecule has 7 heteroatoms. The zero-order valence-electron chi connectivity index (χ0n) is 13.6. The lowest BCUT2D eigenvalue weighted by atomic mass is 10.1. The minimum absolute atomic E-state index is 0.0172. The molecule has 0 saturated carbocycles. The van der Waals surface area contributed by atoms with Crippen LogP contribution < -0.4 is 5.32 Å². The molecular weight excluding hydrogens is 294 g/mol. The first-order valence-electron chi connectivity index (χ1n) is 8.40. The Kier molecular flexibility index (Phi) is 4.95. The summed E-state index contributed by atoms with van der Waals surface area (Å²) in [7, 11) is 0. The smallest absolute Gasteiger partial charge is 0.245 e. The predicted molar refractivity (Wildman–Crippen MR) is 85.7 cm³/mol. The average Bonchev–Trinajstić information content (AvgIpc) is 3.13. The summed E-state index contributed by atoms with van der Waals surface area (Å²) in [5, 5.41) is 2.80. The SMILES string of the molecule is CC(=O)N[C@@H](Cc1cnc[nH]1)C(=O)N1CCCN2CCC[C@H]2C1. The second-order valence-corrected chi connectivity index (χ2v) is 6.50. The second-order valence-electron chi connectivity index (χ2n) is 6.50. The van der Waals surface area contributed by atoms with Gasteiger partial charge in [-0.1, -0.05) is 0 Å². The van der Waals surface area contributed by atoms with Crippen LogP contribution in [0.3, 0.4) is 0 Å². The van der Waals surface area contributed by atoms with E-state index in [0.29, 0.717) is 12.5 Å². The molecule has 2 amide bonds. The van der Waals surface area contributed by atoms with Crippen LogP contribution in [0.25, 0.3) is 0 Å². The molecule has 3 heterocycles. The molecule has 2 aliphatic rings. The van der Waals surface area contributed by atoms with Crippen molar-refractivity contribution in [3.05, 3.63) is 18.2 Å². The van der Waals surface area contributed by atoms with Crippen molar-refractivity contribution in [2.75, 3.05) is 26.2 Å². The van der Waals surface area contributed by atoms with Gasteiger partial charge in [0.1, 0.15) is 6.04 Å². The standard InChI is InChI=1S/C16H25N5O2/c1-12(22)19-15(8-13-9-17-11-18-13)16(23)21-7-3-6-20-5-2-4-14(20)10-21/h9,11,14-15H,2-8,10H2,1H3,(H,17,18)(H,19,22)/t14-,15-/m0/s1. The highest BCUT2D eigenvalue weighted by atomic mass is 16.2. The molecule has 0 spiro atoms. The molecule has 0 aromatic carbocycles. The Balaban J connectivity index is 1.69. The number of H-pyrrole nitrogens is 1. The number of hydrogen-bond donors (Lipinski definition) is 2. The number of rotatable bonds is 4. The van der Waals surface area contributed by atoms with E-state index in [9.17, 15) is 9.59 Å². The Labute approximate surface area is 136 Å². The zero-order chi connectivity index (χ0) is 16.2. The summed E-state index contributed by atoms with van der Waals surface area (Å²) in [6.45, 7) is 5.22. The highest BCUT2D eigenvalue weighted by Gasteiger charge is 2.33. The number of carbonyl (C=O) groups is 2. The minimum Gasteiger partial charge on any atom is -0.348 e. The number of nitrogens with zero attached hydrogens (tertiary/aromatic N) is 3. The van der Waals surface area contributed by atoms with Gasteiger partial charge in [0.05, 0.1) is 6.33 Å². The van der Waals surface area contributed by atoms with Crippen LogP contribution in [-0.4, -0.2) is 69.8 Å². The van der Waals surface area contributed by atoms with Gasteiger partial charge in [-0.3, -0.25) is 14.5 Å². The number of amides is 2.